The number of nitrogens with one attached hydrogen (secondary N) is 1. The highest BCUT2D eigenvalue weighted by molar-refractivity contribution is 6.05. The fraction of sp³-hybridized carbons (Fsp3) is 0.576. The number of fused-ring (bicyclic) bond motifs is 1. The molecule has 1 saturated carbocycles. The molecule has 2 aliphatic rings. The molecule has 0 unspecified atom stereocenters. The van der Waals surface area contributed by atoms with Crippen LogP contribution in [0, 0.1) is 5.92 Å². The van der Waals surface area contributed by atoms with Gasteiger partial charge in [-0.05, 0) is 87.6 Å². The summed E-state index contributed by atoms with van der Waals surface area (Å²) in [7, 11) is 0. The second-order valence-electron chi connectivity index (χ2n) is 11.6. The van der Waals surface area contributed by atoms with Crippen LogP contribution < -0.4 is 10.9 Å². The number of amides is 1. The highest BCUT2D eigenvalue weighted by Crippen LogP contribution is 2.37. The number of alkyl halides is 3. The van der Waals surface area contributed by atoms with E-state index >= 15 is 0 Å². The third-order valence-corrected chi connectivity index (χ3v) is 8.49. The van der Waals surface area contributed by atoms with E-state index in [1.807, 2.05) is 0 Å². The number of aromatic nitrogens is 1. The fourth-order valence-electron chi connectivity index (χ4n) is 6.31. The van der Waals surface area contributed by atoms with Gasteiger partial charge < -0.3 is 19.4 Å². The first-order chi connectivity index (χ1) is 21.0. The van der Waals surface area contributed by atoms with E-state index in [4.69, 9.17) is 9.47 Å². The normalized spacial score (nSPS) is 16.0. The number of pyridine rings is 1. The summed E-state index contributed by atoms with van der Waals surface area (Å²) in [6.45, 7) is 3.33. The molecular formula is C33H41F3N2O6. The SMILES string of the molecule is CCOC(=O)C(C(=O)OCC)c1ccc(NC(=O)c2cc3c(n(CC4CCCCC4)c2=O)CCCCCC3)c(C(F)(F)F)c1. The molecule has 2 aromatic rings. The average molecular weight is 619 g/mol. The maximum atomic E-state index is 14.3. The van der Waals surface area contributed by atoms with Crippen LogP contribution in [0.3, 0.4) is 0 Å². The number of anilines is 1. The van der Waals surface area contributed by atoms with E-state index in [0.717, 1.165) is 87.6 Å². The van der Waals surface area contributed by atoms with Gasteiger partial charge in [0.15, 0.2) is 5.92 Å². The van der Waals surface area contributed by atoms with Crippen molar-refractivity contribution in [3.05, 3.63) is 62.6 Å². The van der Waals surface area contributed by atoms with Gasteiger partial charge in [-0.1, -0.05) is 38.2 Å². The van der Waals surface area contributed by atoms with Crippen LogP contribution in [0.5, 0.6) is 0 Å². The van der Waals surface area contributed by atoms with Gasteiger partial charge in [-0.3, -0.25) is 19.2 Å². The molecule has 1 N–H and O–H groups in total. The summed E-state index contributed by atoms with van der Waals surface area (Å²) in [6, 6.07) is 4.31. The number of carbonyl (C=O) groups is 3. The molecule has 1 aromatic carbocycles. The Hall–Kier alpha value is -3.63. The highest BCUT2D eigenvalue weighted by Gasteiger charge is 2.38. The highest BCUT2D eigenvalue weighted by atomic mass is 19.4. The van der Waals surface area contributed by atoms with Crippen LogP contribution in [0.25, 0.3) is 0 Å². The van der Waals surface area contributed by atoms with E-state index < -0.39 is 46.8 Å². The molecule has 0 saturated heterocycles. The molecule has 1 heterocycles. The van der Waals surface area contributed by atoms with Crippen LogP contribution in [0.1, 0.15) is 110 Å². The fourth-order valence-corrected chi connectivity index (χ4v) is 6.31. The molecular weight excluding hydrogens is 577 g/mol. The Kier molecular flexibility index (Phi) is 11.3. The van der Waals surface area contributed by atoms with E-state index in [9.17, 15) is 32.3 Å². The van der Waals surface area contributed by atoms with Gasteiger partial charge in [0.1, 0.15) is 5.56 Å². The Morgan fingerprint density at radius 3 is 2.14 bits per heavy atom. The number of esters is 2. The maximum Gasteiger partial charge on any atom is 0.418 e. The topological polar surface area (TPSA) is 104 Å². The minimum absolute atomic E-state index is 0.0892. The zero-order valence-corrected chi connectivity index (χ0v) is 25.4. The number of nitrogens with zero attached hydrogens (tertiary/aromatic N) is 1. The molecule has 0 atom stereocenters. The summed E-state index contributed by atoms with van der Waals surface area (Å²) < 4.78 is 54.5. The lowest BCUT2D eigenvalue weighted by Crippen LogP contribution is -2.35. The molecule has 240 valence electrons. The number of hydrogen-bond donors (Lipinski definition) is 1. The van der Waals surface area contributed by atoms with E-state index in [1.54, 1.807) is 10.6 Å². The molecule has 4 rings (SSSR count). The molecule has 0 spiro atoms. The molecule has 1 fully saturated rings. The van der Waals surface area contributed by atoms with Gasteiger partial charge in [0, 0.05) is 12.2 Å². The minimum atomic E-state index is -4.96. The third-order valence-electron chi connectivity index (χ3n) is 8.49. The lowest BCUT2D eigenvalue weighted by atomic mass is 9.88. The first-order valence-electron chi connectivity index (χ1n) is 15.7. The van der Waals surface area contributed by atoms with Gasteiger partial charge in [-0.2, -0.15) is 13.2 Å². The van der Waals surface area contributed by atoms with Crippen molar-refractivity contribution in [2.45, 2.75) is 103 Å². The summed E-state index contributed by atoms with van der Waals surface area (Å²) in [6.07, 6.45) is 5.70. The standard InChI is InChI=1S/C33H41F3N2O6/c1-3-43-31(41)28(32(42)44-4-2)23-16-17-26(25(19-23)33(34,35)36)37-29(39)24-18-22-14-10-5-6-11-15-27(22)38(30(24)40)20-21-12-8-7-9-13-21/h16-19,21,28H,3-15,20H2,1-2H3,(H,37,39). The van der Waals surface area contributed by atoms with Crippen LogP contribution in [0.2, 0.25) is 0 Å². The van der Waals surface area contributed by atoms with Crippen molar-refractivity contribution in [1.29, 1.82) is 0 Å². The smallest absolute Gasteiger partial charge is 0.418 e. The maximum absolute atomic E-state index is 14.3. The summed E-state index contributed by atoms with van der Waals surface area (Å²) >= 11 is 0. The van der Waals surface area contributed by atoms with Crippen molar-refractivity contribution < 1.29 is 37.0 Å². The number of carbonyl (C=O) groups excluding carboxylic acids is 3. The van der Waals surface area contributed by atoms with Crippen LogP contribution in [0.15, 0.2) is 29.1 Å². The average Bonchev–Trinajstić information content (AvgIpc) is 2.96. The van der Waals surface area contributed by atoms with E-state index in [2.05, 4.69) is 5.32 Å². The summed E-state index contributed by atoms with van der Waals surface area (Å²) in [5.74, 6) is -4.46. The summed E-state index contributed by atoms with van der Waals surface area (Å²) in [4.78, 5) is 52.4. The quantitative estimate of drug-likeness (QED) is 0.252. The van der Waals surface area contributed by atoms with Crippen molar-refractivity contribution in [2.75, 3.05) is 18.5 Å². The molecule has 11 heteroatoms. The Labute approximate surface area is 255 Å². The molecule has 0 aliphatic heterocycles. The third kappa shape index (κ3) is 7.90. The van der Waals surface area contributed by atoms with Crippen molar-refractivity contribution in [2.24, 2.45) is 5.92 Å². The molecule has 1 aromatic heterocycles. The zero-order valence-electron chi connectivity index (χ0n) is 25.4. The number of hydrogen-bond acceptors (Lipinski definition) is 6. The number of rotatable bonds is 9. The lowest BCUT2D eigenvalue weighted by Gasteiger charge is -2.26. The van der Waals surface area contributed by atoms with Crippen LogP contribution in [0.4, 0.5) is 18.9 Å². The van der Waals surface area contributed by atoms with E-state index in [1.165, 1.54) is 13.8 Å². The van der Waals surface area contributed by atoms with Gasteiger partial charge in [0.2, 0.25) is 0 Å². The number of ether oxygens (including phenoxy) is 2. The van der Waals surface area contributed by atoms with Gasteiger partial charge in [-0.25, -0.2) is 0 Å². The van der Waals surface area contributed by atoms with Crippen LogP contribution in [-0.4, -0.2) is 35.6 Å². The number of halogens is 3. The second kappa shape index (κ2) is 14.9. The zero-order chi connectivity index (χ0) is 31.9. The molecule has 0 radical (unpaired) electrons. The summed E-state index contributed by atoms with van der Waals surface area (Å²) in [5, 5.41) is 2.31. The van der Waals surface area contributed by atoms with Crippen molar-refractivity contribution in [3.63, 3.8) is 0 Å². The predicted molar refractivity (Wildman–Crippen MR) is 159 cm³/mol. The van der Waals surface area contributed by atoms with Crippen molar-refractivity contribution >= 4 is 23.5 Å². The van der Waals surface area contributed by atoms with E-state index in [-0.39, 0.29) is 24.3 Å². The van der Waals surface area contributed by atoms with Gasteiger partial charge in [0.05, 0.1) is 24.5 Å². The second-order valence-corrected chi connectivity index (χ2v) is 11.6. The first-order valence-corrected chi connectivity index (χ1v) is 15.7. The lowest BCUT2D eigenvalue weighted by molar-refractivity contribution is -0.157. The van der Waals surface area contributed by atoms with E-state index in [0.29, 0.717) is 24.9 Å². The number of aryl methyl sites for hydroxylation is 1. The molecule has 1 amide bonds. The Bertz CT molecular complexity index is 1390. The molecule has 8 nitrogen and oxygen atoms in total. The van der Waals surface area contributed by atoms with Gasteiger partial charge >= 0.3 is 18.1 Å². The van der Waals surface area contributed by atoms with Crippen LogP contribution in [-0.2, 0) is 44.6 Å². The molecule has 44 heavy (non-hydrogen) atoms. The minimum Gasteiger partial charge on any atom is -0.465 e. The molecule has 0 bridgehead atoms. The van der Waals surface area contributed by atoms with Gasteiger partial charge in [-0.15, -0.1) is 0 Å². The van der Waals surface area contributed by atoms with Crippen molar-refractivity contribution in [3.8, 4) is 0 Å². The largest absolute Gasteiger partial charge is 0.465 e. The molecule has 2 aliphatic carbocycles. The Morgan fingerprint density at radius 2 is 1.52 bits per heavy atom. The Balaban J connectivity index is 1.73. The number of benzene rings is 1. The Morgan fingerprint density at radius 1 is 0.909 bits per heavy atom. The van der Waals surface area contributed by atoms with Crippen molar-refractivity contribution in [1.82, 2.24) is 4.57 Å². The first kappa shape index (κ1) is 33.3. The van der Waals surface area contributed by atoms with Gasteiger partial charge in [0.25, 0.3) is 11.5 Å². The monoisotopic (exact) mass is 618 g/mol. The predicted octanol–water partition coefficient (Wildman–Crippen LogP) is 6.57. The van der Waals surface area contributed by atoms with Crippen LogP contribution >= 0.6 is 0 Å². The summed E-state index contributed by atoms with van der Waals surface area (Å²) in [5.41, 5.74) is -1.03.